The molecule has 0 amide bonds. The zero-order valence-corrected chi connectivity index (χ0v) is 11.3. The Balaban J connectivity index is 2.39. The molecule has 0 saturated heterocycles. The Morgan fingerprint density at radius 1 is 1.31 bits per heavy atom. The molecule has 1 unspecified atom stereocenters. The zero-order valence-electron chi connectivity index (χ0n) is 10.5. The summed E-state index contributed by atoms with van der Waals surface area (Å²) in [5.41, 5.74) is 0. The third kappa shape index (κ3) is 4.90. The first-order valence-corrected chi connectivity index (χ1v) is 6.60. The summed E-state index contributed by atoms with van der Waals surface area (Å²) in [6.07, 6.45) is 0.999. The number of nitrogens with one attached hydrogen (secondary N) is 1. The Morgan fingerprint density at radius 3 is 2.69 bits per heavy atom. The van der Waals surface area contributed by atoms with Crippen molar-refractivity contribution < 1.29 is 4.74 Å². The molecule has 4 nitrogen and oxygen atoms in total. The highest BCUT2D eigenvalue weighted by Crippen LogP contribution is 2.18. The largest absolute Gasteiger partial charge is 0.380 e. The van der Waals surface area contributed by atoms with E-state index in [1.54, 1.807) is 11.3 Å². The lowest BCUT2D eigenvalue weighted by Crippen LogP contribution is -2.21. The summed E-state index contributed by atoms with van der Waals surface area (Å²) in [6, 6.07) is 0.278. The van der Waals surface area contributed by atoms with Crippen molar-refractivity contribution in [2.24, 2.45) is 5.92 Å². The third-order valence-electron chi connectivity index (χ3n) is 1.99. The van der Waals surface area contributed by atoms with Crippen LogP contribution < -0.4 is 5.32 Å². The third-order valence-corrected chi connectivity index (χ3v) is 2.87. The molecule has 1 N–H and O–H groups in total. The first kappa shape index (κ1) is 13.4. The van der Waals surface area contributed by atoms with Crippen molar-refractivity contribution in [2.75, 3.05) is 18.5 Å². The molecule has 0 bridgehead atoms. The predicted octanol–water partition coefficient (Wildman–Crippen LogP) is 2.57. The van der Waals surface area contributed by atoms with E-state index in [9.17, 15) is 0 Å². The second-order valence-electron chi connectivity index (χ2n) is 4.30. The molecule has 0 aromatic carbocycles. The summed E-state index contributed by atoms with van der Waals surface area (Å²) < 4.78 is 5.33. The molecule has 5 heteroatoms. The maximum absolute atomic E-state index is 5.33. The van der Waals surface area contributed by atoms with Crippen LogP contribution in [0.5, 0.6) is 0 Å². The molecular formula is C11H21N3OS. The second kappa shape index (κ2) is 6.81. The van der Waals surface area contributed by atoms with E-state index in [4.69, 9.17) is 4.74 Å². The number of rotatable bonds is 7. The minimum Gasteiger partial charge on any atom is -0.380 e. The molecule has 0 spiro atoms. The number of hydrogen-bond acceptors (Lipinski definition) is 5. The highest BCUT2D eigenvalue weighted by Gasteiger charge is 2.08. The van der Waals surface area contributed by atoms with Gasteiger partial charge in [0.25, 0.3) is 0 Å². The summed E-state index contributed by atoms with van der Waals surface area (Å²) in [5.74, 6) is 0.627. The van der Waals surface area contributed by atoms with Gasteiger partial charge in [0.15, 0.2) is 0 Å². The fourth-order valence-corrected chi connectivity index (χ4v) is 2.35. The minimum atomic E-state index is 0.278. The highest BCUT2D eigenvalue weighted by atomic mass is 32.1. The topological polar surface area (TPSA) is 47.0 Å². The first-order valence-electron chi connectivity index (χ1n) is 5.78. The van der Waals surface area contributed by atoms with Crippen molar-refractivity contribution in [3.63, 3.8) is 0 Å². The van der Waals surface area contributed by atoms with Crippen LogP contribution in [-0.2, 0) is 11.2 Å². The van der Waals surface area contributed by atoms with E-state index >= 15 is 0 Å². The molecule has 92 valence electrons. The normalized spacial score (nSPS) is 13.1. The van der Waals surface area contributed by atoms with Gasteiger partial charge in [-0.05, 0) is 19.8 Å². The minimum absolute atomic E-state index is 0.278. The molecule has 1 heterocycles. The lowest BCUT2D eigenvalue weighted by atomic mass is 10.1. The summed E-state index contributed by atoms with van der Waals surface area (Å²) in [5, 5.41) is 13.6. The van der Waals surface area contributed by atoms with Crippen molar-refractivity contribution in [2.45, 2.75) is 40.2 Å². The van der Waals surface area contributed by atoms with E-state index in [0.717, 1.165) is 23.2 Å². The SMILES string of the molecule is CCOCC(C)Nc1nnc(CC(C)C)s1. The number of ether oxygens (including phenoxy) is 1. The summed E-state index contributed by atoms with van der Waals surface area (Å²) in [4.78, 5) is 0. The van der Waals surface area contributed by atoms with Crippen LogP contribution in [0, 0.1) is 5.92 Å². The Labute approximate surface area is 101 Å². The van der Waals surface area contributed by atoms with Gasteiger partial charge in [-0.2, -0.15) is 0 Å². The fourth-order valence-electron chi connectivity index (χ4n) is 1.29. The molecular weight excluding hydrogens is 222 g/mol. The van der Waals surface area contributed by atoms with Gasteiger partial charge in [0.1, 0.15) is 5.01 Å². The van der Waals surface area contributed by atoms with Crippen molar-refractivity contribution in [1.82, 2.24) is 10.2 Å². The lowest BCUT2D eigenvalue weighted by molar-refractivity contribution is 0.141. The number of anilines is 1. The van der Waals surface area contributed by atoms with Crippen molar-refractivity contribution in [3.8, 4) is 0 Å². The van der Waals surface area contributed by atoms with Gasteiger partial charge in [-0.1, -0.05) is 25.2 Å². The molecule has 0 aliphatic heterocycles. The highest BCUT2D eigenvalue weighted by molar-refractivity contribution is 7.15. The fraction of sp³-hybridized carbons (Fsp3) is 0.818. The van der Waals surface area contributed by atoms with E-state index < -0.39 is 0 Å². The van der Waals surface area contributed by atoms with Crippen LogP contribution >= 0.6 is 11.3 Å². The Kier molecular flexibility index (Phi) is 5.69. The first-order chi connectivity index (χ1) is 7.61. The maximum Gasteiger partial charge on any atom is 0.205 e. The average molecular weight is 243 g/mol. The lowest BCUT2D eigenvalue weighted by Gasteiger charge is -2.11. The molecule has 1 aromatic rings. The van der Waals surface area contributed by atoms with Crippen LogP contribution in [0.25, 0.3) is 0 Å². The summed E-state index contributed by atoms with van der Waals surface area (Å²) >= 11 is 1.63. The van der Waals surface area contributed by atoms with Crippen molar-refractivity contribution >= 4 is 16.5 Å². The van der Waals surface area contributed by atoms with Gasteiger partial charge in [0, 0.05) is 19.1 Å². The van der Waals surface area contributed by atoms with Crippen LogP contribution in [0.15, 0.2) is 0 Å². The molecule has 0 aliphatic carbocycles. The maximum atomic E-state index is 5.33. The molecule has 0 aliphatic rings. The van der Waals surface area contributed by atoms with E-state index in [2.05, 4.69) is 36.3 Å². The standard InChI is InChI=1S/C11H21N3OS/c1-5-15-7-9(4)12-11-14-13-10(16-11)6-8(2)3/h8-9H,5-7H2,1-4H3,(H,12,14). The van der Waals surface area contributed by atoms with Crippen molar-refractivity contribution in [3.05, 3.63) is 5.01 Å². The Hall–Kier alpha value is -0.680. The Bertz CT molecular complexity index is 301. The predicted molar refractivity (Wildman–Crippen MR) is 68.0 cm³/mol. The number of aromatic nitrogens is 2. The quantitative estimate of drug-likeness (QED) is 0.799. The molecule has 0 fully saturated rings. The summed E-state index contributed by atoms with van der Waals surface area (Å²) in [7, 11) is 0. The smallest absolute Gasteiger partial charge is 0.205 e. The van der Waals surface area contributed by atoms with Gasteiger partial charge < -0.3 is 10.1 Å². The van der Waals surface area contributed by atoms with Gasteiger partial charge in [-0.3, -0.25) is 0 Å². The van der Waals surface area contributed by atoms with E-state index in [0.29, 0.717) is 12.5 Å². The number of hydrogen-bond donors (Lipinski definition) is 1. The molecule has 1 atom stereocenters. The molecule has 1 aromatic heterocycles. The van der Waals surface area contributed by atoms with Crippen molar-refractivity contribution in [1.29, 1.82) is 0 Å². The van der Waals surface area contributed by atoms with Crippen LogP contribution in [0.1, 0.15) is 32.7 Å². The molecule has 0 radical (unpaired) electrons. The Morgan fingerprint density at radius 2 is 2.06 bits per heavy atom. The summed E-state index contributed by atoms with van der Waals surface area (Å²) in [6.45, 7) is 9.91. The molecule has 1 rings (SSSR count). The molecule has 16 heavy (non-hydrogen) atoms. The number of nitrogens with zero attached hydrogens (tertiary/aromatic N) is 2. The van der Waals surface area contributed by atoms with E-state index in [1.165, 1.54) is 0 Å². The van der Waals surface area contributed by atoms with E-state index in [1.807, 2.05) is 6.92 Å². The molecule has 0 saturated carbocycles. The average Bonchev–Trinajstić information content (AvgIpc) is 2.61. The van der Waals surface area contributed by atoms with Crippen LogP contribution in [0.3, 0.4) is 0 Å². The van der Waals surface area contributed by atoms with Gasteiger partial charge in [-0.15, -0.1) is 10.2 Å². The van der Waals surface area contributed by atoms with Crippen LogP contribution in [0.4, 0.5) is 5.13 Å². The second-order valence-corrected chi connectivity index (χ2v) is 5.37. The van der Waals surface area contributed by atoms with Gasteiger partial charge in [-0.25, -0.2) is 0 Å². The van der Waals surface area contributed by atoms with Crippen LogP contribution in [0.2, 0.25) is 0 Å². The van der Waals surface area contributed by atoms with Crippen LogP contribution in [-0.4, -0.2) is 29.5 Å². The van der Waals surface area contributed by atoms with Gasteiger partial charge in [0.05, 0.1) is 6.61 Å². The zero-order chi connectivity index (χ0) is 12.0. The van der Waals surface area contributed by atoms with Gasteiger partial charge >= 0.3 is 0 Å². The van der Waals surface area contributed by atoms with Gasteiger partial charge in [0.2, 0.25) is 5.13 Å². The van der Waals surface area contributed by atoms with E-state index in [-0.39, 0.29) is 6.04 Å². The monoisotopic (exact) mass is 243 g/mol.